The summed E-state index contributed by atoms with van der Waals surface area (Å²) in [6.07, 6.45) is 2.89. The minimum Gasteiger partial charge on any atom is -0.508 e. The molecule has 0 unspecified atom stereocenters. The Morgan fingerprint density at radius 2 is 2.00 bits per heavy atom. The van der Waals surface area contributed by atoms with Crippen LogP contribution >= 0.6 is 0 Å². The average Bonchev–Trinajstić information content (AvgIpc) is 3.40. The highest BCUT2D eigenvalue weighted by Crippen LogP contribution is 2.31. The maximum Gasteiger partial charge on any atom is 0.275 e. The van der Waals surface area contributed by atoms with E-state index in [4.69, 9.17) is 14.8 Å². The van der Waals surface area contributed by atoms with Crippen molar-refractivity contribution < 1.29 is 14.7 Å². The molecule has 1 aliphatic rings. The van der Waals surface area contributed by atoms with Crippen molar-refractivity contribution in [2.24, 2.45) is 0 Å². The third-order valence-electron chi connectivity index (χ3n) is 5.96. The van der Waals surface area contributed by atoms with Crippen molar-refractivity contribution in [2.75, 3.05) is 12.4 Å². The number of phenols is 1. The Morgan fingerprint density at radius 3 is 2.82 bits per heavy atom. The summed E-state index contributed by atoms with van der Waals surface area (Å²) >= 11 is 0. The quantitative estimate of drug-likeness (QED) is 0.392. The van der Waals surface area contributed by atoms with E-state index >= 15 is 0 Å². The summed E-state index contributed by atoms with van der Waals surface area (Å²) in [6.45, 7) is 2.53. The molecule has 0 aliphatic heterocycles. The molecule has 0 fully saturated rings. The number of nitrogens with one attached hydrogen (secondary N) is 2. The molecule has 33 heavy (non-hydrogen) atoms. The van der Waals surface area contributed by atoms with Crippen LogP contribution in [0.5, 0.6) is 5.75 Å². The average molecular weight is 444 g/mol. The van der Waals surface area contributed by atoms with Crippen LogP contribution in [0, 0.1) is 6.92 Å². The number of aromatic nitrogens is 3. The van der Waals surface area contributed by atoms with Gasteiger partial charge in [0.15, 0.2) is 0 Å². The van der Waals surface area contributed by atoms with Gasteiger partial charge in [-0.3, -0.25) is 14.2 Å². The third kappa shape index (κ3) is 3.89. The van der Waals surface area contributed by atoms with E-state index in [0.717, 1.165) is 58.5 Å². The van der Waals surface area contributed by atoms with E-state index in [1.807, 2.05) is 41.8 Å². The van der Waals surface area contributed by atoms with Crippen molar-refractivity contribution in [3.8, 4) is 11.7 Å². The van der Waals surface area contributed by atoms with Crippen molar-refractivity contribution in [2.45, 2.75) is 32.7 Å². The fourth-order valence-corrected chi connectivity index (χ4v) is 4.49. The Kier molecular flexibility index (Phi) is 5.43. The fourth-order valence-electron chi connectivity index (χ4n) is 4.49. The van der Waals surface area contributed by atoms with Gasteiger partial charge in [-0.25, -0.2) is 10.5 Å². The zero-order valence-corrected chi connectivity index (χ0v) is 18.6. The van der Waals surface area contributed by atoms with E-state index in [9.17, 15) is 9.90 Å². The largest absolute Gasteiger partial charge is 0.508 e. The smallest absolute Gasteiger partial charge is 0.275 e. The first-order valence-corrected chi connectivity index (χ1v) is 10.9. The summed E-state index contributed by atoms with van der Waals surface area (Å²) in [5.74, 6) is 1.32. The molecule has 2 heterocycles. The zero-order valence-electron chi connectivity index (χ0n) is 18.6. The highest BCUT2D eigenvalue weighted by molar-refractivity contribution is 6.06. The first-order chi connectivity index (χ1) is 16.0. The van der Waals surface area contributed by atoms with Gasteiger partial charge in [-0.1, -0.05) is 18.2 Å². The van der Waals surface area contributed by atoms with Gasteiger partial charge in [0.2, 0.25) is 5.95 Å². The molecular weight excluding hydrogens is 418 g/mol. The molecular formula is C25H25N5O3. The lowest BCUT2D eigenvalue weighted by Crippen LogP contribution is -2.21. The van der Waals surface area contributed by atoms with Gasteiger partial charge < -0.3 is 10.4 Å². The van der Waals surface area contributed by atoms with Gasteiger partial charge in [0.1, 0.15) is 11.6 Å². The summed E-state index contributed by atoms with van der Waals surface area (Å²) in [5, 5.41) is 14.0. The normalized spacial score (nSPS) is 12.7. The van der Waals surface area contributed by atoms with Crippen molar-refractivity contribution in [3.05, 3.63) is 76.6 Å². The van der Waals surface area contributed by atoms with Gasteiger partial charge in [0, 0.05) is 23.2 Å². The van der Waals surface area contributed by atoms with E-state index in [1.165, 1.54) is 7.11 Å². The highest BCUT2D eigenvalue weighted by Gasteiger charge is 2.22. The molecule has 1 amide bonds. The number of benzene rings is 2. The number of fused-ring (bicyclic) bond motifs is 2. The monoisotopic (exact) mass is 443 g/mol. The Balaban J connectivity index is 1.57. The van der Waals surface area contributed by atoms with Gasteiger partial charge in [-0.05, 0) is 62.1 Å². The molecule has 0 saturated carbocycles. The number of hydrogen-bond donors (Lipinski definition) is 3. The molecule has 2 aromatic carbocycles. The number of phenolic OH excluding ortho intramolecular Hbond substituents is 1. The second-order valence-electron chi connectivity index (χ2n) is 8.17. The van der Waals surface area contributed by atoms with E-state index < -0.39 is 0 Å². The van der Waals surface area contributed by atoms with Crippen LogP contribution in [-0.4, -0.2) is 32.7 Å². The van der Waals surface area contributed by atoms with Crippen LogP contribution in [0.2, 0.25) is 0 Å². The molecule has 0 spiro atoms. The van der Waals surface area contributed by atoms with E-state index in [2.05, 4.69) is 10.8 Å². The number of hydroxylamine groups is 1. The molecule has 8 heteroatoms. The number of rotatable bonds is 6. The Hall–Kier alpha value is -3.91. The maximum atomic E-state index is 12.5. The number of hydrogen-bond acceptors (Lipinski definition) is 6. The van der Waals surface area contributed by atoms with E-state index in [1.54, 1.807) is 18.2 Å². The molecule has 4 aromatic rings. The first kappa shape index (κ1) is 21.0. The van der Waals surface area contributed by atoms with E-state index in [-0.39, 0.29) is 11.7 Å². The van der Waals surface area contributed by atoms with Crippen molar-refractivity contribution in [3.63, 3.8) is 0 Å². The summed E-state index contributed by atoms with van der Waals surface area (Å²) in [4.78, 5) is 27.1. The lowest BCUT2D eigenvalue weighted by Gasteiger charge is -2.14. The summed E-state index contributed by atoms with van der Waals surface area (Å²) < 4.78 is 1.98. The summed E-state index contributed by atoms with van der Waals surface area (Å²) in [7, 11) is 1.41. The lowest BCUT2D eigenvalue weighted by atomic mass is 10.1. The van der Waals surface area contributed by atoms with Crippen molar-refractivity contribution in [1.29, 1.82) is 0 Å². The van der Waals surface area contributed by atoms with Crippen LogP contribution in [0.4, 0.5) is 5.82 Å². The molecule has 2 aromatic heterocycles. The van der Waals surface area contributed by atoms with Crippen LogP contribution < -0.4 is 10.8 Å². The van der Waals surface area contributed by atoms with Gasteiger partial charge >= 0.3 is 0 Å². The summed E-state index contributed by atoms with van der Waals surface area (Å²) in [6, 6.07) is 14.7. The Morgan fingerprint density at radius 1 is 1.15 bits per heavy atom. The van der Waals surface area contributed by atoms with Gasteiger partial charge in [0.25, 0.3) is 5.91 Å². The third-order valence-corrected chi connectivity index (χ3v) is 5.96. The molecule has 0 saturated heterocycles. The highest BCUT2D eigenvalue weighted by atomic mass is 16.6. The first-order valence-electron chi connectivity index (χ1n) is 10.9. The molecule has 1 aliphatic carbocycles. The number of anilines is 1. The van der Waals surface area contributed by atoms with Gasteiger partial charge in [-0.15, -0.1) is 0 Å². The van der Waals surface area contributed by atoms with Crippen LogP contribution in [0.15, 0.2) is 48.5 Å². The fraction of sp³-hybridized carbons (Fsp3) is 0.240. The molecule has 168 valence electrons. The molecule has 3 N–H and O–H groups in total. The number of aryl methyl sites for hydroxylation is 2. The standard InChI is InChI=1S/C25H25N5O3/c1-15-12-20-18(24(32)29-33-2)8-5-11-22(20)30(15)25-27-21-10-4-9-19(21)23(28-25)26-14-16-6-3-7-17(31)13-16/h3,5-8,11-13,31H,4,9-10,14H2,1-2H3,(H,29,32)(H,26,27,28). The predicted molar refractivity (Wildman–Crippen MR) is 126 cm³/mol. The van der Waals surface area contributed by atoms with Gasteiger partial charge in [0.05, 0.1) is 23.9 Å². The predicted octanol–water partition coefficient (Wildman–Crippen LogP) is 3.83. The van der Waals surface area contributed by atoms with Crippen molar-refractivity contribution in [1.82, 2.24) is 20.0 Å². The SMILES string of the molecule is CONC(=O)c1cccc2c1cc(C)n2-c1nc2c(c(NCc3cccc(O)c3)n1)CCC2. The lowest BCUT2D eigenvalue weighted by molar-refractivity contribution is 0.0539. The topological polar surface area (TPSA) is 101 Å². The number of aromatic hydroxyl groups is 1. The molecule has 0 bridgehead atoms. The minimum absolute atomic E-state index is 0.241. The van der Waals surface area contributed by atoms with Crippen LogP contribution in [0.25, 0.3) is 16.9 Å². The second kappa shape index (κ2) is 8.55. The van der Waals surface area contributed by atoms with Crippen LogP contribution in [-0.2, 0) is 24.2 Å². The molecule has 0 radical (unpaired) electrons. The van der Waals surface area contributed by atoms with Crippen molar-refractivity contribution >= 4 is 22.6 Å². The zero-order chi connectivity index (χ0) is 22.9. The van der Waals surface area contributed by atoms with Gasteiger partial charge in [-0.2, -0.15) is 4.98 Å². The number of carbonyl (C=O) groups excluding carboxylic acids is 1. The minimum atomic E-state index is -0.302. The second-order valence-corrected chi connectivity index (χ2v) is 8.17. The Bertz CT molecular complexity index is 1360. The number of nitrogens with zero attached hydrogens (tertiary/aromatic N) is 3. The summed E-state index contributed by atoms with van der Waals surface area (Å²) in [5.41, 5.74) is 7.87. The molecule has 5 rings (SSSR count). The Labute approximate surface area is 191 Å². The number of carbonyl (C=O) groups is 1. The van der Waals surface area contributed by atoms with E-state index in [0.29, 0.717) is 18.1 Å². The van der Waals surface area contributed by atoms with Crippen LogP contribution in [0.1, 0.15) is 39.3 Å². The number of amides is 1. The maximum absolute atomic E-state index is 12.5. The molecule has 8 nitrogen and oxygen atoms in total. The van der Waals surface area contributed by atoms with Crippen LogP contribution in [0.3, 0.4) is 0 Å². The molecule has 0 atom stereocenters.